The largest absolute Gasteiger partial charge is 0.331 e. The fourth-order valence-corrected chi connectivity index (χ4v) is 2.58. The van der Waals surface area contributed by atoms with Gasteiger partial charge >= 0.3 is 0 Å². The molecule has 0 fully saturated rings. The molecule has 4 heteroatoms. The second-order valence-corrected chi connectivity index (χ2v) is 5.30. The predicted molar refractivity (Wildman–Crippen MR) is 77.2 cm³/mol. The Balaban J connectivity index is 2.45. The van der Waals surface area contributed by atoms with Gasteiger partial charge in [0, 0.05) is 19.0 Å². The van der Waals surface area contributed by atoms with Gasteiger partial charge in [0.1, 0.15) is 5.82 Å². The molecule has 0 bridgehead atoms. The third-order valence-corrected chi connectivity index (χ3v) is 3.74. The minimum atomic E-state index is 0.356. The Morgan fingerprint density at radius 3 is 2.72 bits per heavy atom. The van der Waals surface area contributed by atoms with E-state index < -0.39 is 0 Å². The quantitative estimate of drug-likeness (QED) is 0.792. The Morgan fingerprint density at radius 1 is 1.39 bits per heavy atom. The monoisotopic (exact) mass is 265 g/mol. The van der Waals surface area contributed by atoms with E-state index in [0.29, 0.717) is 11.9 Å². The van der Waals surface area contributed by atoms with Crippen molar-refractivity contribution in [2.75, 3.05) is 20.0 Å². The van der Waals surface area contributed by atoms with Gasteiger partial charge in [0.2, 0.25) is 0 Å². The van der Waals surface area contributed by atoms with E-state index in [1.165, 1.54) is 11.1 Å². The molecule has 1 atom stereocenters. The minimum Gasteiger partial charge on any atom is -0.331 e. The number of imidazole rings is 1. The van der Waals surface area contributed by atoms with E-state index in [9.17, 15) is 0 Å². The van der Waals surface area contributed by atoms with E-state index in [2.05, 4.69) is 46.7 Å². The van der Waals surface area contributed by atoms with Crippen LogP contribution in [0.15, 0.2) is 18.2 Å². The van der Waals surface area contributed by atoms with Crippen molar-refractivity contribution in [3.8, 4) is 0 Å². The van der Waals surface area contributed by atoms with Gasteiger partial charge in [-0.3, -0.25) is 0 Å². The molecule has 2 rings (SSSR count). The lowest BCUT2D eigenvalue weighted by Crippen LogP contribution is -2.20. The number of fused-ring (bicyclic) bond motifs is 1. The molecule has 18 heavy (non-hydrogen) atoms. The molecule has 0 N–H and O–H groups in total. The standard InChI is InChI=1S/C14H20ClN3/c1-10-16-12-9-11(5-6-14(12)18(10)4)13(7-8-15)17(2)3/h5-6,9,13H,7-8H2,1-4H3. The molecule has 1 aromatic carbocycles. The van der Waals surface area contributed by atoms with Crippen LogP contribution in [-0.2, 0) is 7.05 Å². The van der Waals surface area contributed by atoms with Gasteiger partial charge in [-0.2, -0.15) is 0 Å². The van der Waals surface area contributed by atoms with Crippen LogP contribution in [0.2, 0.25) is 0 Å². The third-order valence-electron chi connectivity index (χ3n) is 3.52. The molecule has 98 valence electrons. The molecule has 0 aliphatic rings. The van der Waals surface area contributed by atoms with Crippen molar-refractivity contribution < 1.29 is 0 Å². The number of alkyl halides is 1. The second kappa shape index (κ2) is 5.29. The summed E-state index contributed by atoms with van der Waals surface area (Å²) in [5.74, 6) is 1.71. The first-order valence-corrected chi connectivity index (χ1v) is 6.73. The molecule has 0 saturated carbocycles. The van der Waals surface area contributed by atoms with Crippen LogP contribution in [0.25, 0.3) is 11.0 Å². The lowest BCUT2D eigenvalue weighted by Gasteiger charge is -2.23. The fourth-order valence-electron chi connectivity index (χ4n) is 2.37. The van der Waals surface area contributed by atoms with Gasteiger partial charge < -0.3 is 9.47 Å². The number of nitrogens with zero attached hydrogens (tertiary/aromatic N) is 3. The van der Waals surface area contributed by atoms with Crippen LogP contribution in [0.5, 0.6) is 0 Å². The number of aryl methyl sites for hydroxylation is 2. The smallest absolute Gasteiger partial charge is 0.106 e. The number of hydrogen-bond donors (Lipinski definition) is 0. The van der Waals surface area contributed by atoms with Gasteiger partial charge in [0.05, 0.1) is 11.0 Å². The van der Waals surface area contributed by atoms with Crippen LogP contribution < -0.4 is 0 Å². The lowest BCUT2D eigenvalue weighted by molar-refractivity contribution is 0.293. The van der Waals surface area contributed by atoms with E-state index in [-0.39, 0.29) is 0 Å². The Kier molecular flexibility index (Phi) is 3.93. The SMILES string of the molecule is Cc1nc2cc(C(CCCl)N(C)C)ccc2n1C. The van der Waals surface area contributed by atoms with Crippen LogP contribution in [0.4, 0.5) is 0 Å². The first-order valence-electron chi connectivity index (χ1n) is 6.20. The van der Waals surface area contributed by atoms with Crippen molar-refractivity contribution in [3.05, 3.63) is 29.6 Å². The zero-order valence-corrected chi connectivity index (χ0v) is 12.2. The van der Waals surface area contributed by atoms with Gasteiger partial charge in [0.25, 0.3) is 0 Å². The van der Waals surface area contributed by atoms with Gasteiger partial charge in [-0.1, -0.05) is 6.07 Å². The third kappa shape index (κ3) is 2.38. The summed E-state index contributed by atoms with van der Waals surface area (Å²) < 4.78 is 2.12. The Morgan fingerprint density at radius 2 is 2.11 bits per heavy atom. The summed E-state index contributed by atoms with van der Waals surface area (Å²) in [7, 11) is 6.22. The van der Waals surface area contributed by atoms with Crippen molar-refractivity contribution in [2.45, 2.75) is 19.4 Å². The van der Waals surface area contributed by atoms with Crippen LogP contribution >= 0.6 is 11.6 Å². The zero-order chi connectivity index (χ0) is 13.3. The molecule has 0 amide bonds. The minimum absolute atomic E-state index is 0.356. The van der Waals surface area contributed by atoms with E-state index in [4.69, 9.17) is 11.6 Å². The molecule has 0 radical (unpaired) electrons. The highest BCUT2D eigenvalue weighted by molar-refractivity contribution is 6.17. The average molecular weight is 266 g/mol. The zero-order valence-electron chi connectivity index (χ0n) is 11.4. The first kappa shape index (κ1) is 13.4. The summed E-state index contributed by atoms with van der Waals surface area (Å²) in [4.78, 5) is 6.79. The predicted octanol–water partition coefficient (Wildman–Crippen LogP) is 3.11. The van der Waals surface area contributed by atoms with Crippen molar-refractivity contribution in [3.63, 3.8) is 0 Å². The Labute approximate surface area is 113 Å². The van der Waals surface area contributed by atoms with Gasteiger partial charge in [-0.15, -0.1) is 11.6 Å². The number of aromatic nitrogens is 2. The van der Waals surface area contributed by atoms with Crippen molar-refractivity contribution in [1.29, 1.82) is 0 Å². The molecule has 0 aliphatic heterocycles. The van der Waals surface area contributed by atoms with Crippen LogP contribution in [0, 0.1) is 6.92 Å². The molecule has 1 unspecified atom stereocenters. The first-order chi connectivity index (χ1) is 8.54. The summed E-state index contributed by atoms with van der Waals surface area (Å²) in [6.07, 6.45) is 0.950. The summed E-state index contributed by atoms with van der Waals surface area (Å²) >= 11 is 5.89. The van der Waals surface area contributed by atoms with E-state index in [1.54, 1.807) is 0 Å². The molecular weight excluding hydrogens is 246 g/mol. The van der Waals surface area contributed by atoms with Crippen molar-refractivity contribution >= 4 is 22.6 Å². The number of halogens is 1. The highest BCUT2D eigenvalue weighted by atomic mass is 35.5. The molecule has 1 heterocycles. The van der Waals surface area contributed by atoms with Crippen LogP contribution in [0.1, 0.15) is 23.9 Å². The summed E-state index contributed by atoms with van der Waals surface area (Å²) in [6.45, 7) is 2.03. The molecule has 0 aliphatic carbocycles. The van der Waals surface area contributed by atoms with E-state index in [0.717, 1.165) is 17.8 Å². The normalized spacial score (nSPS) is 13.4. The highest BCUT2D eigenvalue weighted by Crippen LogP contribution is 2.26. The highest BCUT2D eigenvalue weighted by Gasteiger charge is 2.15. The summed E-state index contributed by atoms with van der Waals surface area (Å²) in [6, 6.07) is 6.87. The van der Waals surface area contributed by atoms with Crippen molar-refractivity contribution in [1.82, 2.24) is 14.5 Å². The second-order valence-electron chi connectivity index (χ2n) is 4.92. The van der Waals surface area contributed by atoms with Gasteiger partial charge in [-0.25, -0.2) is 4.98 Å². The van der Waals surface area contributed by atoms with Crippen LogP contribution in [-0.4, -0.2) is 34.4 Å². The summed E-state index contributed by atoms with van der Waals surface area (Å²) in [5.41, 5.74) is 3.53. The maximum Gasteiger partial charge on any atom is 0.106 e. The van der Waals surface area contributed by atoms with Crippen molar-refractivity contribution in [2.24, 2.45) is 7.05 Å². The number of hydrogen-bond acceptors (Lipinski definition) is 2. The molecule has 1 aromatic heterocycles. The maximum absolute atomic E-state index is 5.89. The molecular formula is C14H20ClN3. The Bertz CT molecular complexity index is 545. The summed E-state index contributed by atoms with van der Waals surface area (Å²) in [5, 5.41) is 0. The molecule has 0 spiro atoms. The Hall–Kier alpha value is -1.06. The van der Waals surface area contributed by atoms with Gasteiger partial charge in [0.15, 0.2) is 0 Å². The number of rotatable bonds is 4. The maximum atomic E-state index is 5.89. The number of benzene rings is 1. The van der Waals surface area contributed by atoms with E-state index >= 15 is 0 Å². The fraction of sp³-hybridized carbons (Fsp3) is 0.500. The molecule has 3 nitrogen and oxygen atoms in total. The molecule has 2 aromatic rings. The van der Waals surface area contributed by atoms with Crippen LogP contribution in [0.3, 0.4) is 0 Å². The molecule has 0 saturated heterocycles. The van der Waals surface area contributed by atoms with E-state index in [1.807, 2.05) is 14.0 Å². The average Bonchev–Trinajstić information content (AvgIpc) is 2.61. The topological polar surface area (TPSA) is 21.1 Å². The van der Waals surface area contributed by atoms with Gasteiger partial charge in [-0.05, 0) is 45.1 Å². The lowest BCUT2D eigenvalue weighted by atomic mass is 10.0.